The van der Waals surface area contributed by atoms with Crippen LogP contribution < -0.4 is 5.32 Å². The van der Waals surface area contributed by atoms with Crippen molar-refractivity contribution < 1.29 is 0 Å². The summed E-state index contributed by atoms with van der Waals surface area (Å²) in [5.74, 6) is 0.801. The van der Waals surface area contributed by atoms with Gasteiger partial charge in [-0.3, -0.25) is 0 Å². The fourth-order valence-electron chi connectivity index (χ4n) is 2.55. The maximum absolute atomic E-state index is 6.01. The van der Waals surface area contributed by atoms with Crippen molar-refractivity contribution >= 4 is 28.3 Å². The Labute approximate surface area is 144 Å². The zero-order valence-electron chi connectivity index (χ0n) is 12.7. The van der Waals surface area contributed by atoms with Crippen LogP contribution in [0.4, 0.5) is 5.82 Å². The van der Waals surface area contributed by atoms with Gasteiger partial charge in [-0.2, -0.15) is 0 Å². The van der Waals surface area contributed by atoms with Crippen molar-refractivity contribution in [1.82, 2.24) is 19.5 Å². The van der Waals surface area contributed by atoms with Gasteiger partial charge in [-0.1, -0.05) is 23.7 Å². The van der Waals surface area contributed by atoms with E-state index in [-0.39, 0.29) is 0 Å². The Morgan fingerprint density at radius 2 is 1.92 bits per heavy atom. The molecule has 0 aliphatic carbocycles. The van der Waals surface area contributed by atoms with Crippen LogP contribution in [-0.4, -0.2) is 19.5 Å². The number of rotatable bonds is 4. The third kappa shape index (κ3) is 2.94. The number of nitrogens with one attached hydrogen (secondary N) is 1. The molecular weight excluding hydrogens is 322 g/mol. The standard InChI is InChI=1S/C18H14ClN5/c19-14-3-6-16-17(9-14)22-11-23-18(16)21-10-13-1-4-15(5-2-13)24-8-7-20-12-24/h1-9,11-12H,10H2,(H,21,22,23). The Morgan fingerprint density at radius 3 is 2.71 bits per heavy atom. The number of imidazole rings is 1. The monoisotopic (exact) mass is 335 g/mol. The smallest absolute Gasteiger partial charge is 0.137 e. The van der Waals surface area contributed by atoms with Crippen LogP contribution in [0.15, 0.2) is 67.5 Å². The van der Waals surface area contributed by atoms with Crippen molar-refractivity contribution in [3.05, 3.63) is 78.1 Å². The lowest BCUT2D eigenvalue weighted by Crippen LogP contribution is -2.03. The quantitative estimate of drug-likeness (QED) is 0.610. The summed E-state index contributed by atoms with van der Waals surface area (Å²) in [6.45, 7) is 0.680. The topological polar surface area (TPSA) is 55.6 Å². The van der Waals surface area contributed by atoms with Gasteiger partial charge >= 0.3 is 0 Å². The number of halogens is 1. The molecule has 0 atom stereocenters. The van der Waals surface area contributed by atoms with Crippen LogP contribution in [-0.2, 0) is 6.54 Å². The molecular formula is C18H14ClN5. The molecule has 0 radical (unpaired) electrons. The van der Waals surface area contributed by atoms with E-state index in [4.69, 9.17) is 11.6 Å². The van der Waals surface area contributed by atoms with Crippen molar-refractivity contribution in [2.75, 3.05) is 5.32 Å². The Kier molecular flexibility index (Phi) is 3.84. The van der Waals surface area contributed by atoms with Crippen LogP contribution in [0.5, 0.6) is 0 Å². The number of benzene rings is 2. The molecule has 0 aliphatic rings. The van der Waals surface area contributed by atoms with E-state index >= 15 is 0 Å². The fourth-order valence-corrected chi connectivity index (χ4v) is 2.72. The molecule has 0 spiro atoms. The highest BCUT2D eigenvalue weighted by molar-refractivity contribution is 6.31. The molecule has 0 bridgehead atoms. The predicted octanol–water partition coefficient (Wildman–Crippen LogP) is 4.08. The van der Waals surface area contributed by atoms with Crippen molar-refractivity contribution in [1.29, 1.82) is 0 Å². The van der Waals surface area contributed by atoms with Gasteiger partial charge in [0.15, 0.2) is 0 Å². The summed E-state index contributed by atoms with van der Waals surface area (Å²) in [7, 11) is 0. The molecule has 2 aromatic heterocycles. The summed E-state index contributed by atoms with van der Waals surface area (Å²) in [4.78, 5) is 12.6. The number of hydrogen-bond donors (Lipinski definition) is 1. The van der Waals surface area contributed by atoms with Crippen LogP contribution in [0.3, 0.4) is 0 Å². The van der Waals surface area contributed by atoms with Crippen LogP contribution >= 0.6 is 11.6 Å². The van der Waals surface area contributed by atoms with E-state index in [0.29, 0.717) is 11.6 Å². The molecule has 1 N–H and O–H groups in total. The van der Waals surface area contributed by atoms with Gasteiger partial charge in [0.05, 0.1) is 11.8 Å². The molecule has 6 heteroatoms. The molecule has 118 valence electrons. The average molecular weight is 336 g/mol. The third-order valence-corrected chi connectivity index (χ3v) is 4.03. The highest BCUT2D eigenvalue weighted by atomic mass is 35.5. The SMILES string of the molecule is Clc1ccc2c(NCc3ccc(-n4ccnc4)cc3)ncnc2c1. The molecule has 4 aromatic rings. The minimum absolute atomic E-state index is 0.669. The second-order valence-corrected chi connectivity index (χ2v) is 5.81. The number of hydrogen-bond acceptors (Lipinski definition) is 4. The molecule has 2 aromatic carbocycles. The molecule has 0 amide bonds. The van der Waals surface area contributed by atoms with Gasteiger partial charge in [0.1, 0.15) is 12.1 Å². The summed E-state index contributed by atoms with van der Waals surface area (Å²) >= 11 is 6.01. The van der Waals surface area contributed by atoms with E-state index in [1.807, 2.05) is 29.0 Å². The van der Waals surface area contributed by atoms with Gasteiger partial charge in [0, 0.05) is 35.0 Å². The minimum atomic E-state index is 0.669. The van der Waals surface area contributed by atoms with E-state index in [1.165, 1.54) is 5.56 Å². The van der Waals surface area contributed by atoms with Crippen LogP contribution in [0.2, 0.25) is 5.02 Å². The Bertz CT molecular complexity index is 965. The van der Waals surface area contributed by atoms with Gasteiger partial charge in [-0.25, -0.2) is 15.0 Å². The Balaban J connectivity index is 1.53. The highest BCUT2D eigenvalue weighted by Gasteiger charge is 2.04. The van der Waals surface area contributed by atoms with Gasteiger partial charge in [0.25, 0.3) is 0 Å². The van der Waals surface area contributed by atoms with Crippen molar-refractivity contribution in [3.8, 4) is 5.69 Å². The van der Waals surface area contributed by atoms with E-state index in [1.54, 1.807) is 18.9 Å². The largest absolute Gasteiger partial charge is 0.365 e. The van der Waals surface area contributed by atoms with Gasteiger partial charge in [0.2, 0.25) is 0 Å². The highest BCUT2D eigenvalue weighted by Crippen LogP contribution is 2.23. The molecule has 24 heavy (non-hydrogen) atoms. The first kappa shape index (κ1) is 14.7. The number of aromatic nitrogens is 4. The second-order valence-electron chi connectivity index (χ2n) is 5.37. The lowest BCUT2D eigenvalue weighted by Gasteiger charge is -2.09. The van der Waals surface area contributed by atoms with E-state index in [2.05, 4.69) is 44.5 Å². The minimum Gasteiger partial charge on any atom is -0.365 e. The normalized spacial score (nSPS) is 10.9. The molecule has 5 nitrogen and oxygen atoms in total. The molecule has 0 unspecified atom stereocenters. The summed E-state index contributed by atoms with van der Waals surface area (Å²) in [5.41, 5.74) is 3.08. The lowest BCUT2D eigenvalue weighted by atomic mass is 10.2. The van der Waals surface area contributed by atoms with E-state index in [0.717, 1.165) is 22.4 Å². The first-order valence-corrected chi connectivity index (χ1v) is 7.89. The molecule has 2 heterocycles. The van der Waals surface area contributed by atoms with Crippen molar-refractivity contribution in [2.24, 2.45) is 0 Å². The lowest BCUT2D eigenvalue weighted by molar-refractivity contribution is 1.05. The zero-order valence-corrected chi connectivity index (χ0v) is 13.5. The molecule has 0 fully saturated rings. The first-order valence-electron chi connectivity index (χ1n) is 7.51. The van der Waals surface area contributed by atoms with E-state index in [9.17, 15) is 0 Å². The second kappa shape index (κ2) is 6.29. The van der Waals surface area contributed by atoms with Crippen molar-refractivity contribution in [2.45, 2.75) is 6.54 Å². The third-order valence-electron chi connectivity index (χ3n) is 3.80. The maximum Gasteiger partial charge on any atom is 0.137 e. The Hall–Kier alpha value is -2.92. The van der Waals surface area contributed by atoms with Gasteiger partial charge < -0.3 is 9.88 Å². The summed E-state index contributed by atoms with van der Waals surface area (Å²) in [6.07, 6.45) is 7.02. The van der Waals surface area contributed by atoms with Crippen LogP contribution in [0.25, 0.3) is 16.6 Å². The van der Waals surface area contributed by atoms with Crippen LogP contribution in [0, 0.1) is 0 Å². The summed E-state index contributed by atoms with van der Waals surface area (Å²) in [6, 6.07) is 13.9. The molecule has 4 rings (SSSR count). The van der Waals surface area contributed by atoms with Crippen molar-refractivity contribution in [3.63, 3.8) is 0 Å². The maximum atomic E-state index is 6.01. The number of fused-ring (bicyclic) bond motifs is 1. The molecule has 0 saturated carbocycles. The predicted molar refractivity (Wildman–Crippen MR) is 95.4 cm³/mol. The molecule has 0 saturated heterocycles. The zero-order chi connectivity index (χ0) is 16.4. The molecule has 0 aliphatic heterocycles. The summed E-state index contributed by atoms with van der Waals surface area (Å²) < 4.78 is 1.97. The van der Waals surface area contributed by atoms with Crippen LogP contribution in [0.1, 0.15) is 5.56 Å². The average Bonchev–Trinajstić information content (AvgIpc) is 3.14. The fraction of sp³-hybridized carbons (Fsp3) is 0.0556. The van der Waals surface area contributed by atoms with E-state index < -0.39 is 0 Å². The number of anilines is 1. The van der Waals surface area contributed by atoms with Gasteiger partial charge in [-0.15, -0.1) is 0 Å². The first-order chi connectivity index (χ1) is 11.8. The Morgan fingerprint density at radius 1 is 1.04 bits per heavy atom. The van der Waals surface area contributed by atoms with Gasteiger partial charge in [-0.05, 0) is 35.9 Å². The summed E-state index contributed by atoms with van der Waals surface area (Å²) in [5, 5.41) is 4.99. The number of nitrogens with zero attached hydrogens (tertiary/aromatic N) is 4.